The zero-order valence-electron chi connectivity index (χ0n) is 7.84. The summed E-state index contributed by atoms with van der Waals surface area (Å²) in [6.07, 6.45) is 6.36. The Kier molecular flexibility index (Phi) is 2.12. The smallest absolute Gasteiger partial charge is 0.335 e. The minimum Gasteiger partial charge on any atom is -0.466 e. The van der Waals surface area contributed by atoms with E-state index in [2.05, 4.69) is 4.74 Å². The lowest BCUT2D eigenvalue weighted by atomic mass is 9.76. The molecule has 1 spiro atoms. The van der Waals surface area contributed by atoms with E-state index in [0.29, 0.717) is 12.2 Å². The second kappa shape index (κ2) is 3.14. The largest absolute Gasteiger partial charge is 0.466 e. The zero-order chi connectivity index (χ0) is 9.31. The molecule has 0 aromatic carbocycles. The number of carbonyl (C=O) groups is 1. The number of hydrogen-bond acceptors (Lipinski definition) is 3. The summed E-state index contributed by atoms with van der Waals surface area (Å²) >= 11 is 0. The summed E-state index contributed by atoms with van der Waals surface area (Å²) in [6, 6.07) is 0. The molecule has 2 rings (SSSR count). The zero-order valence-corrected chi connectivity index (χ0v) is 7.84. The summed E-state index contributed by atoms with van der Waals surface area (Å²) < 4.78 is 10.3. The Morgan fingerprint density at radius 3 is 2.77 bits per heavy atom. The molecule has 0 aromatic rings. The van der Waals surface area contributed by atoms with Gasteiger partial charge >= 0.3 is 5.97 Å². The van der Waals surface area contributed by atoms with Gasteiger partial charge in [-0.2, -0.15) is 0 Å². The Hall–Kier alpha value is -0.830. The van der Waals surface area contributed by atoms with Gasteiger partial charge in [-0.3, -0.25) is 0 Å². The van der Waals surface area contributed by atoms with Gasteiger partial charge in [-0.05, 0) is 25.7 Å². The van der Waals surface area contributed by atoms with Crippen molar-refractivity contribution in [3.8, 4) is 0 Å². The number of esters is 1. The van der Waals surface area contributed by atoms with Crippen LogP contribution in [0.4, 0.5) is 0 Å². The molecule has 0 unspecified atom stereocenters. The SMILES string of the molecule is COC(=O)C1=CCC2(CCC2)OC1. The fraction of sp³-hybridized carbons (Fsp3) is 0.700. The molecule has 0 radical (unpaired) electrons. The third-order valence-electron chi connectivity index (χ3n) is 2.97. The van der Waals surface area contributed by atoms with E-state index in [0.717, 1.165) is 19.3 Å². The molecular weight excluding hydrogens is 168 g/mol. The number of methoxy groups -OCH3 is 1. The van der Waals surface area contributed by atoms with Gasteiger partial charge in [0.05, 0.1) is 24.9 Å². The first-order chi connectivity index (χ1) is 6.26. The maximum Gasteiger partial charge on any atom is 0.335 e. The van der Waals surface area contributed by atoms with Gasteiger partial charge < -0.3 is 9.47 Å². The van der Waals surface area contributed by atoms with Gasteiger partial charge in [0.25, 0.3) is 0 Å². The molecule has 1 fully saturated rings. The monoisotopic (exact) mass is 182 g/mol. The Morgan fingerprint density at radius 1 is 1.62 bits per heavy atom. The number of rotatable bonds is 1. The van der Waals surface area contributed by atoms with Crippen LogP contribution in [0.15, 0.2) is 11.6 Å². The minimum atomic E-state index is -0.255. The van der Waals surface area contributed by atoms with Crippen LogP contribution in [0.2, 0.25) is 0 Å². The van der Waals surface area contributed by atoms with Crippen molar-refractivity contribution in [1.29, 1.82) is 0 Å². The Bertz CT molecular complexity index is 251. The first kappa shape index (κ1) is 8.75. The normalized spacial score (nSPS) is 24.8. The molecule has 3 heteroatoms. The quantitative estimate of drug-likeness (QED) is 0.575. The number of ether oxygens (including phenoxy) is 2. The molecule has 13 heavy (non-hydrogen) atoms. The van der Waals surface area contributed by atoms with E-state index in [1.165, 1.54) is 13.5 Å². The van der Waals surface area contributed by atoms with Crippen molar-refractivity contribution in [2.75, 3.05) is 13.7 Å². The van der Waals surface area contributed by atoms with E-state index in [1.807, 2.05) is 6.08 Å². The lowest BCUT2D eigenvalue weighted by Gasteiger charge is -2.43. The summed E-state index contributed by atoms with van der Waals surface area (Å²) in [5, 5.41) is 0. The number of hydrogen-bond donors (Lipinski definition) is 0. The highest BCUT2D eigenvalue weighted by Gasteiger charge is 2.39. The van der Waals surface area contributed by atoms with Gasteiger partial charge in [-0.15, -0.1) is 0 Å². The lowest BCUT2D eigenvalue weighted by Crippen LogP contribution is -2.42. The molecule has 3 nitrogen and oxygen atoms in total. The Balaban J connectivity index is 2.00. The van der Waals surface area contributed by atoms with Crippen molar-refractivity contribution >= 4 is 5.97 Å². The molecule has 0 aromatic heterocycles. The molecule has 0 bridgehead atoms. The summed E-state index contributed by atoms with van der Waals surface area (Å²) in [5.74, 6) is -0.255. The van der Waals surface area contributed by atoms with E-state index >= 15 is 0 Å². The Morgan fingerprint density at radius 2 is 2.38 bits per heavy atom. The summed E-state index contributed by atoms with van der Waals surface area (Å²) in [7, 11) is 1.40. The van der Waals surface area contributed by atoms with E-state index in [9.17, 15) is 4.79 Å². The molecule has 0 saturated heterocycles. The highest BCUT2D eigenvalue weighted by Crippen LogP contribution is 2.41. The molecule has 1 aliphatic heterocycles. The standard InChI is InChI=1S/C10H14O3/c1-12-9(11)8-3-6-10(13-7-8)4-2-5-10/h3H,2,4-7H2,1H3. The van der Waals surface area contributed by atoms with E-state index in [-0.39, 0.29) is 11.6 Å². The van der Waals surface area contributed by atoms with Crippen molar-refractivity contribution in [2.24, 2.45) is 0 Å². The summed E-state index contributed by atoms with van der Waals surface area (Å²) in [4.78, 5) is 11.1. The van der Waals surface area contributed by atoms with E-state index in [1.54, 1.807) is 0 Å². The average molecular weight is 182 g/mol. The van der Waals surface area contributed by atoms with Crippen LogP contribution in [-0.2, 0) is 14.3 Å². The molecule has 72 valence electrons. The highest BCUT2D eigenvalue weighted by atomic mass is 16.5. The van der Waals surface area contributed by atoms with Crippen LogP contribution in [0, 0.1) is 0 Å². The first-order valence-electron chi connectivity index (χ1n) is 4.67. The van der Waals surface area contributed by atoms with Gasteiger partial charge in [-0.25, -0.2) is 4.79 Å². The fourth-order valence-corrected chi connectivity index (χ4v) is 1.85. The topological polar surface area (TPSA) is 35.5 Å². The number of carbonyl (C=O) groups excluding carboxylic acids is 1. The molecule has 1 heterocycles. The predicted molar refractivity (Wildman–Crippen MR) is 47.3 cm³/mol. The predicted octanol–water partition coefficient (Wildman–Crippen LogP) is 1.43. The highest BCUT2D eigenvalue weighted by molar-refractivity contribution is 5.88. The van der Waals surface area contributed by atoms with Gasteiger partial charge in [0.2, 0.25) is 0 Å². The van der Waals surface area contributed by atoms with Crippen molar-refractivity contribution in [1.82, 2.24) is 0 Å². The van der Waals surface area contributed by atoms with Crippen molar-refractivity contribution in [3.63, 3.8) is 0 Å². The molecule has 0 amide bonds. The van der Waals surface area contributed by atoms with Crippen LogP contribution in [0.5, 0.6) is 0 Å². The van der Waals surface area contributed by atoms with Crippen molar-refractivity contribution in [2.45, 2.75) is 31.3 Å². The molecular formula is C10H14O3. The maximum atomic E-state index is 11.1. The van der Waals surface area contributed by atoms with Crippen LogP contribution in [0.25, 0.3) is 0 Å². The third-order valence-corrected chi connectivity index (χ3v) is 2.97. The second-order valence-corrected chi connectivity index (χ2v) is 3.75. The second-order valence-electron chi connectivity index (χ2n) is 3.75. The minimum absolute atomic E-state index is 0.0809. The summed E-state index contributed by atoms with van der Waals surface area (Å²) in [5.41, 5.74) is 0.748. The van der Waals surface area contributed by atoms with Crippen LogP contribution < -0.4 is 0 Å². The van der Waals surface area contributed by atoms with E-state index < -0.39 is 0 Å². The first-order valence-corrected chi connectivity index (χ1v) is 4.67. The third kappa shape index (κ3) is 1.48. The summed E-state index contributed by atoms with van der Waals surface area (Å²) in [6.45, 7) is 0.423. The van der Waals surface area contributed by atoms with Crippen LogP contribution >= 0.6 is 0 Å². The Labute approximate surface area is 77.7 Å². The van der Waals surface area contributed by atoms with E-state index in [4.69, 9.17) is 4.74 Å². The van der Waals surface area contributed by atoms with Gasteiger partial charge in [0, 0.05) is 0 Å². The van der Waals surface area contributed by atoms with Gasteiger partial charge in [-0.1, -0.05) is 6.08 Å². The molecule has 2 aliphatic rings. The molecule has 0 N–H and O–H groups in total. The molecule has 0 atom stereocenters. The molecule has 1 aliphatic carbocycles. The lowest BCUT2D eigenvalue weighted by molar-refractivity contribution is -0.140. The fourth-order valence-electron chi connectivity index (χ4n) is 1.85. The average Bonchev–Trinajstić information content (AvgIpc) is 2.14. The van der Waals surface area contributed by atoms with Crippen molar-refractivity contribution < 1.29 is 14.3 Å². The van der Waals surface area contributed by atoms with Crippen LogP contribution in [0.1, 0.15) is 25.7 Å². The van der Waals surface area contributed by atoms with Crippen LogP contribution in [-0.4, -0.2) is 25.3 Å². The van der Waals surface area contributed by atoms with Gasteiger partial charge in [0.1, 0.15) is 0 Å². The van der Waals surface area contributed by atoms with Gasteiger partial charge in [0.15, 0.2) is 0 Å². The van der Waals surface area contributed by atoms with Crippen LogP contribution in [0.3, 0.4) is 0 Å². The maximum absolute atomic E-state index is 11.1. The van der Waals surface area contributed by atoms with Crippen molar-refractivity contribution in [3.05, 3.63) is 11.6 Å². The molecule has 1 saturated carbocycles.